The fraction of sp³-hybridized carbons (Fsp3) is 0.550. The van der Waals surface area contributed by atoms with E-state index in [-0.39, 0.29) is 17.7 Å². The lowest BCUT2D eigenvalue weighted by Gasteiger charge is -2.26. The normalized spacial score (nSPS) is 22.3. The first-order chi connectivity index (χ1) is 13.0. The first-order valence-electron chi connectivity index (χ1n) is 9.50. The van der Waals surface area contributed by atoms with Crippen LogP contribution in [0.2, 0.25) is 0 Å². The lowest BCUT2D eigenvalue weighted by Crippen LogP contribution is -2.31. The van der Waals surface area contributed by atoms with Gasteiger partial charge in [0.15, 0.2) is 0 Å². The summed E-state index contributed by atoms with van der Waals surface area (Å²) in [5, 5.41) is 12.1. The molecular weight excluding hydrogens is 348 g/mol. The van der Waals surface area contributed by atoms with Gasteiger partial charge in [-0.1, -0.05) is 6.42 Å². The highest BCUT2D eigenvalue weighted by molar-refractivity contribution is 5.99. The first-order valence-corrected chi connectivity index (χ1v) is 9.50. The summed E-state index contributed by atoms with van der Waals surface area (Å²) in [6, 6.07) is 5.03. The Morgan fingerprint density at radius 2 is 1.81 bits per heavy atom. The molecule has 3 rings (SSSR count). The van der Waals surface area contributed by atoms with E-state index in [0.717, 1.165) is 32.4 Å². The van der Waals surface area contributed by atoms with Crippen LogP contribution in [-0.4, -0.2) is 48.0 Å². The zero-order valence-corrected chi connectivity index (χ0v) is 15.6. The Labute approximate surface area is 158 Å². The summed E-state index contributed by atoms with van der Waals surface area (Å²) in [5.41, 5.74) is 0.963. The summed E-state index contributed by atoms with van der Waals surface area (Å²) in [7, 11) is 1.51. The second-order valence-electron chi connectivity index (χ2n) is 7.30. The fourth-order valence-electron chi connectivity index (χ4n) is 3.93. The van der Waals surface area contributed by atoms with Crippen LogP contribution in [0.5, 0.6) is 5.75 Å². The molecule has 0 bridgehead atoms. The van der Waals surface area contributed by atoms with Crippen LogP contribution in [0.3, 0.4) is 0 Å². The minimum atomic E-state index is -0.844. The van der Waals surface area contributed by atoms with Crippen molar-refractivity contribution in [1.82, 2.24) is 4.90 Å². The molecule has 1 aliphatic heterocycles. The zero-order chi connectivity index (χ0) is 19.4. The molecular formula is C20H26N2O5. The van der Waals surface area contributed by atoms with Crippen molar-refractivity contribution >= 4 is 23.5 Å². The predicted molar refractivity (Wildman–Crippen MR) is 99.8 cm³/mol. The molecule has 0 aromatic heterocycles. The Hall–Kier alpha value is -2.57. The number of hydrogen-bond acceptors (Lipinski definition) is 4. The molecule has 1 aliphatic carbocycles. The molecule has 2 unspecified atom stereocenters. The van der Waals surface area contributed by atoms with Crippen molar-refractivity contribution < 1.29 is 24.2 Å². The van der Waals surface area contributed by atoms with Gasteiger partial charge in [0.1, 0.15) is 5.75 Å². The molecule has 0 spiro atoms. The molecule has 1 saturated heterocycles. The molecule has 2 fully saturated rings. The maximum atomic E-state index is 12.7. The maximum absolute atomic E-state index is 12.7. The van der Waals surface area contributed by atoms with Gasteiger partial charge in [-0.05, 0) is 50.3 Å². The smallest absolute Gasteiger partial charge is 0.306 e. The van der Waals surface area contributed by atoms with Crippen LogP contribution >= 0.6 is 0 Å². The fourth-order valence-corrected chi connectivity index (χ4v) is 3.93. The average Bonchev–Trinajstić information content (AvgIpc) is 3.22. The topological polar surface area (TPSA) is 95.9 Å². The molecule has 1 saturated carbocycles. The van der Waals surface area contributed by atoms with Gasteiger partial charge < -0.3 is 20.1 Å². The molecule has 27 heavy (non-hydrogen) atoms. The van der Waals surface area contributed by atoms with Crippen LogP contribution < -0.4 is 10.1 Å². The molecule has 2 aliphatic rings. The lowest BCUT2D eigenvalue weighted by atomic mass is 9.81. The highest BCUT2D eigenvalue weighted by Crippen LogP contribution is 2.32. The van der Waals surface area contributed by atoms with E-state index in [2.05, 4.69) is 5.32 Å². The van der Waals surface area contributed by atoms with E-state index < -0.39 is 11.9 Å². The van der Waals surface area contributed by atoms with Crippen LogP contribution in [0.15, 0.2) is 18.2 Å². The van der Waals surface area contributed by atoms with Crippen LogP contribution in [0, 0.1) is 11.8 Å². The van der Waals surface area contributed by atoms with E-state index in [1.54, 1.807) is 18.2 Å². The molecule has 0 radical (unpaired) electrons. The third kappa shape index (κ3) is 4.40. The van der Waals surface area contributed by atoms with Crippen molar-refractivity contribution in [1.29, 1.82) is 0 Å². The Morgan fingerprint density at radius 1 is 1.11 bits per heavy atom. The summed E-state index contributed by atoms with van der Waals surface area (Å²) >= 11 is 0. The number of benzene rings is 1. The number of amides is 2. The molecule has 1 aromatic carbocycles. The summed E-state index contributed by atoms with van der Waals surface area (Å²) in [6.45, 7) is 1.51. The average molecular weight is 374 g/mol. The monoisotopic (exact) mass is 374 g/mol. The van der Waals surface area contributed by atoms with Gasteiger partial charge in [0, 0.05) is 24.6 Å². The quantitative estimate of drug-likeness (QED) is 0.826. The van der Waals surface area contributed by atoms with Gasteiger partial charge in [0.2, 0.25) is 5.91 Å². The predicted octanol–water partition coefficient (Wildman–Crippen LogP) is 2.76. The van der Waals surface area contributed by atoms with Crippen LogP contribution in [0.4, 0.5) is 5.69 Å². The van der Waals surface area contributed by atoms with E-state index in [4.69, 9.17) is 4.74 Å². The van der Waals surface area contributed by atoms with Crippen LogP contribution in [0.25, 0.3) is 0 Å². The summed E-state index contributed by atoms with van der Waals surface area (Å²) in [4.78, 5) is 38.3. The first kappa shape index (κ1) is 19.2. The third-order valence-corrected chi connectivity index (χ3v) is 5.49. The molecule has 2 amide bonds. The number of nitrogens with one attached hydrogen (secondary N) is 1. The Balaban J connectivity index is 1.74. The standard InChI is InChI=1S/C20H26N2O5/c1-27-17-8-7-14(19(24)22-9-2-3-10-22)12-16(17)21-18(23)13-5-4-6-15(11-13)20(25)26/h7-8,12-13,15H,2-6,9-11H2,1H3,(H,21,23)(H,25,26). The second-order valence-corrected chi connectivity index (χ2v) is 7.30. The number of likely N-dealkylation sites (tertiary alicyclic amines) is 1. The van der Waals surface area contributed by atoms with Gasteiger partial charge >= 0.3 is 5.97 Å². The number of anilines is 1. The molecule has 1 aromatic rings. The number of carbonyl (C=O) groups excluding carboxylic acids is 2. The summed E-state index contributed by atoms with van der Waals surface area (Å²) in [6.07, 6.45) is 4.37. The third-order valence-electron chi connectivity index (χ3n) is 5.49. The number of hydrogen-bond donors (Lipinski definition) is 2. The van der Waals surface area contributed by atoms with E-state index in [1.165, 1.54) is 7.11 Å². The van der Waals surface area contributed by atoms with Crippen molar-refractivity contribution in [2.24, 2.45) is 11.8 Å². The van der Waals surface area contributed by atoms with E-state index in [1.807, 2.05) is 4.90 Å². The number of aliphatic carboxylic acids is 1. The number of methoxy groups -OCH3 is 1. The molecule has 2 N–H and O–H groups in total. The van der Waals surface area contributed by atoms with Gasteiger partial charge in [0.25, 0.3) is 5.91 Å². The highest BCUT2D eigenvalue weighted by Gasteiger charge is 2.31. The largest absolute Gasteiger partial charge is 0.495 e. The van der Waals surface area contributed by atoms with Crippen molar-refractivity contribution in [3.8, 4) is 5.75 Å². The number of carboxylic acid groups (broad SMARTS) is 1. The zero-order valence-electron chi connectivity index (χ0n) is 15.6. The molecule has 7 heteroatoms. The van der Waals surface area contributed by atoms with Crippen LogP contribution in [-0.2, 0) is 9.59 Å². The van der Waals surface area contributed by atoms with E-state index in [0.29, 0.717) is 36.3 Å². The number of carbonyl (C=O) groups is 3. The lowest BCUT2D eigenvalue weighted by molar-refractivity contribution is -0.143. The van der Waals surface area contributed by atoms with Crippen molar-refractivity contribution in [2.75, 3.05) is 25.5 Å². The Morgan fingerprint density at radius 3 is 2.48 bits per heavy atom. The van der Waals surface area contributed by atoms with Crippen molar-refractivity contribution in [3.63, 3.8) is 0 Å². The van der Waals surface area contributed by atoms with Gasteiger partial charge in [0.05, 0.1) is 18.7 Å². The van der Waals surface area contributed by atoms with Gasteiger partial charge in [-0.3, -0.25) is 14.4 Å². The Bertz CT molecular complexity index is 727. The van der Waals surface area contributed by atoms with Gasteiger partial charge in [-0.25, -0.2) is 0 Å². The number of ether oxygens (including phenoxy) is 1. The Kier molecular flexibility index (Phi) is 5.98. The number of rotatable bonds is 5. The van der Waals surface area contributed by atoms with Gasteiger partial charge in [-0.15, -0.1) is 0 Å². The summed E-state index contributed by atoms with van der Waals surface area (Å²) in [5.74, 6) is -1.45. The maximum Gasteiger partial charge on any atom is 0.306 e. The van der Waals surface area contributed by atoms with E-state index >= 15 is 0 Å². The molecule has 146 valence electrons. The number of carboxylic acids is 1. The van der Waals surface area contributed by atoms with Gasteiger partial charge in [-0.2, -0.15) is 0 Å². The highest BCUT2D eigenvalue weighted by atomic mass is 16.5. The summed E-state index contributed by atoms with van der Waals surface area (Å²) < 4.78 is 5.32. The molecule has 2 atom stereocenters. The SMILES string of the molecule is COc1ccc(C(=O)N2CCCC2)cc1NC(=O)C1CCCC(C(=O)O)C1. The molecule has 1 heterocycles. The minimum absolute atomic E-state index is 0.0470. The van der Waals surface area contributed by atoms with Crippen molar-refractivity contribution in [2.45, 2.75) is 38.5 Å². The molecule has 7 nitrogen and oxygen atoms in total. The second kappa shape index (κ2) is 8.41. The van der Waals surface area contributed by atoms with E-state index in [9.17, 15) is 19.5 Å². The van der Waals surface area contributed by atoms with Crippen molar-refractivity contribution in [3.05, 3.63) is 23.8 Å². The minimum Gasteiger partial charge on any atom is -0.495 e. The van der Waals surface area contributed by atoms with Crippen LogP contribution in [0.1, 0.15) is 48.9 Å². The number of nitrogens with zero attached hydrogens (tertiary/aromatic N) is 1.